The van der Waals surface area contributed by atoms with Crippen molar-refractivity contribution in [2.45, 2.75) is 51.1 Å². The van der Waals surface area contributed by atoms with Crippen LogP contribution in [0.3, 0.4) is 0 Å². The predicted molar refractivity (Wildman–Crippen MR) is 62.0 cm³/mol. The Morgan fingerprint density at radius 3 is 2.53 bits per heavy atom. The fourth-order valence-electron chi connectivity index (χ4n) is 2.03. The number of alkyl carbamates (subject to hydrolysis) is 1. The van der Waals surface area contributed by atoms with Crippen LogP contribution in [0.4, 0.5) is 9.59 Å². The first kappa shape index (κ1) is 13.6. The molecule has 17 heavy (non-hydrogen) atoms. The summed E-state index contributed by atoms with van der Waals surface area (Å²) in [7, 11) is 0. The molecule has 0 radical (unpaired) electrons. The first-order valence-corrected chi connectivity index (χ1v) is 6.04. The Balaban J connectivity index is 2.28. The van der Waals surface area contributed by atoms with Crippen molar-refractivity contribution in [2.24, 2.45) is 0 Å². The zero-order valence-electron chi connectivity index (χ0n) is 10.1. The van der Waals surface area contributed by atoms with Crippen LogP contribution in [0, 0.1) is 0 Å². The Labute approximate surface area is 101 Å². The molecule has 6 nitrogen and oxygen atoms in total. The lowest BCUT2D eigenvalue weighted by molar-refractivity contribution is 0.137. The first-order valence-electron chi connectivity index (χ1n) is 6.04. The van der Waals surface area contributed by atoms with Gasteiger partial charge in [0, 0.05) is 12.1 Å². The largest absolute Gasteiger partial charge is 0.465 e. The quantitative estimate of drug-likeness (QED) is 0.702. The lowest BCUT2D eigenvalue weighted by atomic mass is 9.91. The van der Waals surface area contributed by atoms with Gasteiger partial charge in [-0.25, -0.2) is 9.59 Å². The van der Waals surface area contributed by atoms with Gasteiger partial charge in [-0.3, -0.25) is 0 Å². The minimum absolute atomic E-state index is 0.00459. The molecule has 1 aliphatic rings. The second kappa shape index (κ2) is 6.98. The second-order valence-electron chi connectivity index (χ2n) is 4.29. The van der Waals surface area contributed by atoms with Gasteiger partial charge in [0.2, 0.25) is 0 Å². The molecule has 3 N–H and O–H groups in total. The molecule has 0 aromatic heterocycles. The van der Waals surface area contributed by atoms with Crippen LogP contribution < -0.4 is 10.6 Å². The minimum Gasteiger partial charge on any atom is -0.465 e. The van der Waals surface area contributed by atoms with Crippen LogP contribution in [-0.4, -0.2) is 36.0 Å². The summed E-state index contributed by atoms with van der Waals surface area (Å²) in [5.41, 5.74) is 0. The van der Waals surface area contributed by atoms with Crippen molar-refractivity contribution < 1.29 is 19.4 Å². The molecule has 1 fully saturated rings. The normalized spacial score (nSPS) is 23.8. The van der Waals surface area contributed by atoms with Gasteiger partial charge < -0.3 is 20.5 Å². The molecule has 1 rings (SSSR count). The SMILES string of the molecule is CCCOC(=O)NC1CCCC(NC(=O)O)C1. The number of amides is 2. The van der Waals surface area contributed by atoms with Gasteiger partial charge in [0.15, 0.2) is 0 Å². The van der Waals surface area contributed by atoms with Crippen molar-refractivity contribution in [2.75, 3.05) is 6.61 Å². The molecular formula is C11H20N2O4. The summed E-state index contributed by atoms with van der Waals surface area (Å²) in [4.78, 5) is 21.8. The predicted octanol–water partition coefficient (Wildman–Crippen LogP) is 1.70. The van der Waals surface area contributed by atoms with E-state index in [4.69, 9.17) is 9.84 Å². The zero-order chi connectivity index (χ0) is 12.7. The van der Waals surface area contributed by atoms with Crippen LogP contribution in [-0.2, 0) is 4.74 Å². The van der Waals surface area contributed by atoms with Gasteiger partial charge in [0.25, 0.3) is 0 Å². The van der Waals surface area contributed by atoms with E-state index in [0.717, 1.165) is 25.7 Å². The molecule has 0 spiro atoms. The van der Waals surface area contributed by atoms with Crippen LogP contribution >= 0.6 is 0 Å². The average Bonchev–Trinajstić information content (AvgIpc) is 2.26. The molecule has 6 heteroatoms. The van der Waals surface area contributed by atoms with E-state index in [-0.39, 0.29) is 12.1 Å². The number of hydrogen-bond acceptors (Lipinski definition) is 3. The zero-order valence-corrected chi connectivity index (χ0v) is 10.1. The Bertz CT molecular complexity index is 270. The van der Waals surface area contributed by atoms with Crippen molar-refractivity contribution in [1.29, 1.82) is 0 Å². The topological polar surface area (TPSA) is 87.7 Å². The van der Waals surface area contributed by atoms with E-state index in [2.05, 4.69) is 10.6 Å². The molecule has 0 aliphatic heterocycles. The number of carbonyl (C=O) groups is 2. The second-order valence-corrected chi connectivity index (χ2v) is 4.29. The molecule has 1 saturated carbocycles. The van der Waals surface area contributed by atoms with Gasteiger partial charge in [-0.15, -0.1) is 0 Å². The maximum atomic E-state index is 11.3. The highest BCUT2D eigenvalue weighted by atomic mass is 16.5. The van der Waals surface area contributed by atoms with E-state index in [1.54, 1.807) is 0 Å². The fraction of sp³-hybridized carbons (Fsp3) is 0.818. The van der Waals surface area contributed by atoms with Gasteiger partial charge in [0.1, 0.15) is 0 Å². The number of carbonyl (C=O) groups excluding carboxylic acids is 1. The van der Waals surface area contributed by atoms with Crippen LogP contribution in [0.2, 0.25) is 0 Å². The van der Waals surface area contributed by atoms with Crippen LogP contribution in [0.5, 0.6) is 0 Å². The Kier molecular flexibility index (Phi) is 5.59. The number of ether oxygens (including phenoxy) is 1. The summed E-state index contributed by atoms with van der Waals surface area (Å²) in [5.74, 6) is 0. The van der Waals surface area contributed by atoms with E-state index >= 15 is 0 Å². The van der Waals surface area contributed by atoms with Crippen molar-refractivity contribution >= 4 is 12.2 Å². The summed E-state index contributed by atoms with van der Waals surface area (Å²) in [6.07, 6.45) is 2.61. The van der Waals surface area contributed by atoms with Gasteiger partial charge in [-0.1, -0.05) is 6.92 Å². The summed E-state index contributed by atoms with van der Waals surface area (Å²) in [6.45, 7) is 2.34. The van der Waals surface area contributed by atoms with E-state index < -0.39 is 12.2 Å². The maximum Gasteiger partial charge on any atom is 0.407 e. The molecule has 1 aliphatic carbocycles. The summed E-state index contributed by atoms with van der Waals surface area (Å²) >= 11 is 0. The molecular weight excluding hydrogens is 224 g/mol. The molecule has 2 amide bonds. The third-order valence-corrected chi connectivity index (χ3v) is 2.76. The summed E-state index contributed by atoms with van der Waals surface area (Å²) in [6, 6.07) is -0.0670. The summed E-state index contributed by atoms with van der Waals surface area (Å²) in [5, 5.41) is 13.8. The van der Waals surface area contributed by atoms with E-state index in [1.807, 2.05) is 6.92 Å². The highest BCUT2D eigenvalue weighted by Gasteiger charge is 2.24. The van der Waals surface area contributed by atoms with E-state index in [1.165, 1.54) is 0 Å². The lowest BCUT2D eigenvalue weighted by Crippen LogP contribution is -2.45. The Hall–Kier alpha value is -1.46. The molecule has 0 aromatic carbocycles. The van der Waals surface area contributed by atoms with Gasteiger partial charge in [0.05, 0.1) is 6.61 Å². The Morgan fingerprint density at radius 1 is 1.29 bits per heavy atom. The van der Waals surface area contributed by atoms with Crippen molar-refractivity contribution in [3.05, 3.63) is 0 Å². The fourth-order valence-corrected chi connectivity index (χ4v) is 2.03. The third kappa shape index (κ3) is 5.42. The van der Waals surface area contributed by atoms with Crippen molar-refractivity contribution in [3.8, 4) is 0 Å². The van der Waals surface area contributed by atoms with Crippen molar-refractivity contribution in [1.82, 2.24) is 10.6 Å². The lowest BCUT2D eigenvalue weighted by Gasteiger charge is -2.29. The number of rotatable bonds is 4. The van der Waals surface area contributed by atoms with Crippen LogP contribution in [0.25, 0.3) is 0 Å². The van der Waals surface area contributed by atoms with Crippen LogP contribution in [0.1, 0.15) is 39.0 Å². The monoisotopic (exact) mass is 244 g/mol. The highest BCUT2D eigenvalue weighted by Crippen LogP contribution is 2.18. The van der Waals surface area contributed by atoms with E-state index in [0.29, 0.717) is 13.0 Å². The molecule has 0 aromatic rings. The standard InChI is InChI=1S/C11H20N2O4/c1-2-6-17-11(16)13-9-5-3-4-8(7-9)12-10(14)15/h8-9,12H,2-7H2,1H3,(H,13,16)(H,14,15). The molecule has 0 heterocycles. The Morgan fingerprint density at radius 2 is 1.94 bits per heavy atom. The third-order valence-electron chi connectivity index (χ3n) is 2.76. The van der Waals surface area contributed by atoms with Gasteiger partial charge in [-0.2, -0.15) is 0 Å². The molecule has 2 atom stereocenters. The van der Waals surface area contributed by atoms with Crippen molar-refractivity contribution in [3.63, 3.8) is 0 Å². The molecule has 0 saturated heterocycles. The van der Waals surface area contributed by atoms with Gasteiger partial charge >= 0.3 is 12.2 Å². The molecule has 2 unspecified atom stereocenters. The average molecular weight is 244 g/mol. The van der Waals surface area contributed by atoms with Gasteiger partial charge in [-0.05, 0) is 32.1 Å². The number of hydrogen-bond donors (Lipinski definition) is 3. The minimum atomic E-state index is -1.01. The first-order chi connectivity index (χ1) is 8.11. The highest BCUT2D eigenvalue weighted by molar-refractivity contribution is 5.67. The number of carboxylic acid groups (broad SMARTS) is 1. The molecule has 98 valence electrons. The van der Waals surface area contributed by atoms with E-state index in [9.17, 15) is 9.59 Å². The van der Waals surface area contributed by atoms with Crippen LogP contribution in [0.15, 0.2) is 0 Å². The number of nitrogens with one attached hydrogen (secondary N) is 2. The maximum absolute atomic E-state index is 11.3. The smallest absolute Gasteiger partial charge is 0.407 e. The summed E-state index contributed by atoms with van der Waals surface area (Å²) < 4.78 is 4.92. The molecule has 0 bridgehead atoms.